The zero-order valence-corrected chi connectivity index (χ0v) is 24.2. The molecule has 0 unspecified atom stereocenters. The molecule has 204 valence electrons. The number of Topliss-reactive ketones (excluding diaryl/α,β-unsaturated/α-hetero) is 1. The number of carbonyl (C=O) groups is 3. The molecule has 0 N–H and O–H groups in total. The third-order valence-electron chi connectivity index (χ3n) is 13.1. The number of rotatable bonds is 2. The average molecular weight is 517 g/mol. The lowest BCUT2D eigenvalue weighted by Gasteiger charge is -2.69. The van der Waals surface area contributed by atoms with Crippen molar-refractivity contribution in [3.05, 3.63) is 34.8 Å². The van der Waals surface area contributed by atoms with Crippen LogP contribution in [-0.2, 0) is 14.4 Å². The van der Waals surface area contributed by atoms with E-state index in [1.807, 2.05) is 19.1 Å². The molecule has 1 amide bonds. The Kier molecular flexibility index (Phi) is 5.43. The van der Waals surface area contributed by atoms with Gasteiger partial charge in [-0.1, -0.05) is 53.2 Å². The average Bonchev–Trinajstić information content (AvgIpc) is 2.85. The minimum Gasteiger partial charge on any atom is -0.342 e. The number of β-lactam (4-membered cyclic amide) rings is 1. The van der Waals surface area contributed by atoms with Crippen LogP contribution >= 0.6 is 0 Å². The Morgan fingerprint density at radius 3 is 2.34 bits per heavy atom. The molecule has 0 spiro atoms. The van der Waals surface area contributed by atoms with E-state index in [0.29, 0.717) is 6.42 Å². The fourth-order valence-corrected chi connectivity index (χ4v) is 10.5. The largest absolute Gasteiger partial charge is 0.342 e. The molecule has 0 aromatic heterocycles. The first-order valence-corrected chi connectivity index (χ1v) is 14.9. The maximum Gasteiger partial charge on any atom is 0.226 e. The van der Waals surface area contributed by atoms with Gasteiger partial charge in [0, 0.05) is 36.8 Å². The highest BCUT2D eigenvalue weighted by Crippen LogP contribution is 2.73. The quantitative estimate of drug-likeness (QED) is 0.315. The molecule has 5 nitrogen and oxygen atoms in total. The van der Waals surface area contributed by atoms with Crippen molar-refractivity contribution in [1.29, 1.82) is 0 Å². The Labute approximate surface area is 228 Å². The molecule has 38 heavy (non-hydrogen) atoms. The first-order valence-electron chi connectivity index (χ1n) is 14.9. The Morgan fingerprint density at radius 1 is 1.00 bits per heavy atom. The molecule has 0 radical (unpaired) electrons. The number of hydrogen-bond donors (Lipinski definition) is 0. The highest BCUT2D eigenvalue weighted by atomic mass is 16.2. The van der Waals surface area contributed by atoms with Gasteiger partial charge < -0.3 is 9.69 Å². The summed E-state index contributed by atoms with van der Waals surface area (Å²) in [5.74, 6) is 0.639. The zero-order chi connectivity index (χ0) is 27.5. The van der Waals surface area contributed by atoms with Crippen LogP contribution in [0.25, 0.3) is 4.85 Å². The van der Waals surface area contributed by atoms with Crippen LogP contribution in [0.3, 0.4) is 0 Å². The third kappa shape index (κ3) is 3.18. The topological polar surface area (TPSA) is 58.8 Å². The summed E-state index contributed by atoms with van der Waals surface area (Å²) in [5.41, 5.74) is 0.835. The van der Waals surface area contributed by atoms with Gasteiger partial charge in [0.25, 0.3) is 0 Å². The van der Waals surface area contributed by atoms with Crippen molar-refractivity contribution in [3.63, 3.8) is 0 Å². The number of likely N-dealkylation sites (tertiary alicyclic amines) is 1. The molecule has 6 rings (SSSR count). The van der Waals surface area contributed by atoms with Crippen molar-refractivity contribution in [2.75, 3.05) is 13.1 Å². The minimum absolute atomic E-state index is 0.0250. The van der Waals surface area contributed by atoms with Crippen molar-refractivity contribution < 1.29 is 14.4 Å². The number of amides is 1. The predicted molar refractivity (Wildman–Crippen MR) is 146 cm³/mol. The van der Waals surface area contributed by atoms with E-state index in [1.54, 1.807) is 0 Å². The first kappa shape index (κ1) is 26.0. The van der Waals surface area contributed by atoms with Gasteiger partial charge in [-0.15, -0.1) is 0 Å². The summed E-state index contributed by atoms with van der Waals surface area (Å²) < 4.78 is 0. The number of fused-ring (bicyclic) bond motifs is 7. The van der Waals surface area contributed by atoms with Crippen molar-refractivity contribution in [1.82, 2.24) is 4.90 Å². The van der Waals surface area contributed by atoms with Crippen LogP contribution in [0.4, 0.5) is 0 Å². The molecule has 0 aromatic carbocycles. The summed E-state index contributed by atoms with van der Waals surface area (Å²) in [6, 6.07) is 0. The second-order valence-corrected chi connectivity index (χ2v) is 15.3. The van der Waals surface area contributed by atoms with Gasteiger partial charge >= 0.3 is 0 Å². The summed E-state index contributed by atoms with van der Waals surface area (Å²) in [5, 5.41) is 0. The standard InChI is InChI=1S/C33H44N2O3/c1-20-21-8-10-31(5)25(30(21,4)18-23(34-7)28(20)38)16-24(36)27-22-17-29(2,3)11-13-33(22,14-12-32(27,31)6)19-35-15-9-26(35)37/h16,18,20-22,27H,8-15,17,19H2,1-6H3/t20-,21-,22-,27-,30-,31+,32+,33+/m0/s1. The van der Waals surface area contributed by atoms with E-state index in [9.17, 15) is 14.4 Å². The van der Waals surface area contributed by atoms with E-state index in [-0.39, 0.29) is 68.5 Å². The number of carbonyl (C=O) groups excluding carboxylic acids is 3. The predicted octanol–water partition coefficient (Wildman–Crippen LogP) is 6.40. The monoisotopic (exact) mass is 516 g/mol. The molecule has 3 saturated carbocycles. The fraction of sp³-hybridized carbons (Fsp3) is 0.758. The van der Waals surface area contributed by atoms with Crippen LogP contribution in [0.1, 0.15) is 92.9 Å². The molecule has 4 fully saturated rings. The number of ketones is 2. The highest BCUT2D eigenvalue weighted by Gasteiger charge is 2.69. The van der Waals surface area contributed by atoms with Crippen LogP contribution in [0.15, 0.2) is 23.4 Å². The van der Waals surface area contributed by atoms with Gasteiger partial charge in [-0.3, -0.25) is 9.59 Å². The van der Waals surface area contributed by atoms with Crippen LogP contribution in [0.5, 0.6) is 0 Å². The molecule has 6 aliphatic rings. The van der Waals surface area contributed by atoms with Crippen LogP contribution in [0.2, 0.25) is 0 Å². The number of hydrogen-bond acceptors (Lipinski definition) is 3. The summed E-state index contributed by atoms with van der Waals surface area (Å²) >= 11 is 0. The number of allylic oxidation sites excluding steroid dienone is 4. The third-order valence-corrected chi connectivity index (χ3v) is 13.1. The smallest absolute Gasteiger partial charge is 0.226 e. The molecule has 1 heterocycles. The molecule has 8 atom stereocenters. The molecule has 1 aliphatic heterocycles. The van der Waals surface area contributed by atoms with E-state index in [0.717, 1.165) is 58.0 Å². The van der Waals surface area contributed by atoms with E-state index in [4.69, 9.17) is 6.57 Å². The van der Waals surface area contributed by atoms with Gasteiger partial charge in [-0.25, -0.2) is 4.85 Å². The van der Waals surface area contributed by atoms with Gasteiger partial charge in [-0.05, 0) is 84.5 Å². The lowest BCUT2D eigenvalue weighted by Crippen LogP contribution is -2.66. The lowest BCUT2D eigenvalue weighted by molar-refractivity contribution is -0.177. The summed E-state index contributed by atoms with van der Waals surface area (Å²) in [6.45, 7) is 23.0. The van der Waals surface area contributed by atoms with E-state index in [2.05, 4.69) is 44.4 Å². The second-order valence-electron chi connectivity index (χ2n) is 15.3. The lowest BCUT2D eigenvalue weighted by atomic mass is 9.35. The molecule has 0 aromatic rings. The SMILES string of the molecule is [C-]#[N+]C1=C[C@]2(C)C3=CC(=O)[C@@H]4[C@@H]5CC(C)(C)CC[C@]5(CN5CCC5=O)CC[C@@]4(C)[C@]3(C)CC[C@H]2[C@H](C)C1=O. The Balaban J connectivity index is 1.48. The van der Waals surface area contributed by atoms with Gasteiger partial charge in [0.05, 0.1) is 6.57 Å². The van der Waals surface area contributed by atoms with E-state index < -0.39 is 5.41 Å². The molecule has 1 saturated heterocycles. The Bertz CT molecular complexity index is 1240. The van der Waals surface area contributed by atoms with Gasteiger partial charge in [-0.2, -0.15) is 0 Å². The summed E-state index contributed by atoms with van der Waals surface area (Å²) in [7, 11) is 0. The second kappa shape index (κ2) is 7.92. The van der Waals surface area contributed by atoms with Gasteiger partial charge in [0.1, 0.15) is 0 Å². The molecular formula is C33H44N2O3. The van der Waals surface area contributed by atoms with Gasteiger partial charge in [0.2, 0.25) is 11.6 Å². The molecular weight excluding hydrogens is 472 g/mol. The van der Waals surface area contributed by atoms with Crippen molar-refractivity contribution in [2.45, 2.75) is 92.9 Å². The number of nitrogens with zero attached hydrogens (tertiary/aromatic N) is 2. The normalized spacial score (nSPS) is 47.4. The van der Waals surface area contributed by atoms with Crippen LogP contribution in [0, 0.1) is 57.3 Å². The minimum atomic E-state index is -0.450. The maximum atomic E-state index is 14.5. The maximum absolute atomic E-state index is 14.5. The molecule has 5 aliphatic carbocycles. The highest BCUT2D eigenvalue weighted by molar-refractivity contribution is 6.01. The van der Waals surface area contributed by atoms with Crippen LogP contribution in [-0.4, -0.2) is 35.5 Å². The van der Waals surface area contributed by atoms with Gasteiger partial charge in [0.15, 0.2) is 11.6 Å². The Hall–Kier alpha value is -2.22. The van der Waals surface area contributed by atoms with E-state index >= 15 is 0 Å². The van der Waals surface area contributed by atoms with Crippen molar-refractivity contribution >= 4 is 17.5 Å². The fourth-order valence-electron chi connectivity index (χ4n) is 10.5. The zero-order valence-electron chi connectivity index (χ0n) is 24.2. The molecule has 0 bridgehead atoms. The van der Waals surface area contributed by atoms with Crippen molar-refractivity contribution in [2.24, 2.45) is 50.7 Å². The Morgan fingerprint density at radius 2 is 1.71 bits per heavy atom. The molecule has 5 heteroatoms. The first-order chi connectivity index (χ1) is 17.7. The summed E-state index contributed by atoms with van der Waals surface area (Å²) in [6.07, 6.45) is 11.8. The van der Waals surface area contributed by atoms with Crippen molar-refractivity contribution in [3.8, 4) is 0 Å². The van der Waals surface area contributed by atoms with Crippen LogP contribution < -0.4 is 0 Å². The summed E-state index contributed by atoms with van der Waals surface area (Å²) in [4.78, 5) is 45.5. The van der Waals surface area contributed by atoms with E-state index in [1.165, 1.54) is 5.57 Å².